The zero-order valence-corrected chi connectivity index (χ0v) is 34.8. The summed E-state index contributed by atoms with van der Waals surface area (Å²) in [5, 5.41) is 14.2. The lowest BCUT2D eigenvalue weighted by molar-refractivity contribution is 1.07. The molecule has 0 fully saturated rings. The average molecular weight is 839 g/mol. The van der Waals surface area contributed by atoms with E-state index < -0.39 is 30.2 Å². The Hall–Kier alpha value is -8.50. The topological polar surface area (TPSA) is 67.4 Å². The summed E-state index contributed by atoms with van der Waals surface area (Å²) >= 11 is 1.64. The van der Waals surface area contributed by atoms with Crippen LogP contribution in [0.1, 0.15) is 12.4 Å². The average Bonchev–Trinajstić information content (AvgIpc) is 3.95. The molecule has 12 rings (SSSR count). The number of hydrogen-bond donors (Lipinski definition) is 0. The molecule has 9 aromatic carbocycles. The molecule has 0 aliphatic heterocycles. The van der Waals surface area contributed by atoms with E-state index in [0.717, 1.165) is 81.0 Å². The van der Waals surface area contributed by atoms with Crippen LogP contribution in [0.25, 0.3) is 115 Å². The zero-order valence-electron chi connectivity index (χ0n) is 39.0. The summed E-state index contributed by atoms with van der Waals surface area (Å²) in [5.41, 5.74) is 10.7. The first-order valence-electron chi connectivity index (χ1n) is 23.3. The largest absolute Gasteiger partial charge is 0.309 e. The van der Waals surface area contributed by atoms with Crippen LogP contribution in [0.3, 0.4) is 0 Å². The van der Waals surface area contributed by atoms with Gasteiger partial charge in [-0.1, -0.05) is 176 Å². The minimum Gasteiger partial charge on any atom is -0.309 e. The highest BCUT2D eigenvalue weighted by Gasteiger charge is 2.22. The van der Waals surface area contributed by atoms with E-state index in [1.54, 1.807) is 11.3 Å². The molecule has 64 heavy (non-hydrogen) atoms. The molecule has 12 aromatic rings. The van der Waals surface area contributed by atoms with Crippen LogP contribution >= 0.6 is 11.3 Å². The highest BCUT2D eigenvalue weighted by atomic mass is 32.1. The first-order chi connectivity index (χ1) is 33.7. The number of hydrogen-bond acceptors (Lipinski definition) is 5. The molecule has 0 bridgehead atoms. The molecule has 0 amide bonds. The molecule has 0 aliphatic carbocycles. The van der Waals surface area contributed by atoms with Gasteiger partial charge in [0.25, 0.3) is 0 Å². The van der Waals surface area contributed by atoms with Crippen molar-refractivity contribution in [1.29, 1.82) is 5.26 Å². The van der Waals surface area contributed by atoms with E-state index in [9.17, 15) is 5.26 Å². The maximum atomic E-state index is 10.1. The summed E-state index contributed by atoms with van der Waals surface area (Å²) in [5.74, 6) is 0.533. The van der Waals surface area contributed by atoms with Gasteiger partial charge in [-0.3, -0.25) is 0 Å². The summed E-state index contributed by atoms with van der Waals surface area (Å²) < 4.78 is 47.7. The first-order valence-corrected chi connectivity index (χ1v) is 21.6. The number of nitrogens with zero attached hydrogens (tertiary/aromatic N) is 5. The van der Waals surface area contributed by atoms with E-state index in [1.807, 2.05) is 84.9 Å². The van der Waals surface area contributed by atoms with Crippen molar-refractivity contribution in [3.63, 3.8) is 0 Å². The lowest BCUT2D eigenvalue weighted by atomic mass is 9.97. The Bertz CT molecular complexity index is 4080. The Kier molecular flexibility index (Phi) is 7.78. The molecule has 3 aromatic heterocycles. The quantitative estimate of drug-likeness (QED) is 0.160. The van der Waals surface area contributed by atoms with Gasteiger partial charge in [-0.05, 0) is 69.8 Å². The van der Waals surface area contributed by atoms with Gasteiger partial charge in [-0.25, -0.2) is 15.0 Å². The van der Waals surface area contributed by atoms with Crippen molar-refractivity contribution in [1.82, 2.24) is 19.5 Å². The van der Waals surface area contributed by atoms with E-state index in [4.69, 9.17) is 21.8 Å². The fourth-order valence-electron chi connectivity index (χ4n) is 8.84. The van der Waals surface area contributed by atoms with E-state index in [1.165, 1.54) is 0 Å². The molecular formula is C58H35N5S. The second kappa shape index (κ2) is 15.4. The highest BCUT2D eigenvalue weighted by Crippen LogP contribution is 2.46. The van der Waals surface area contributed by atoms with Gasteiger partial charge in [0, 0.05) is 53.3 Å². The van der Waals surface area contributed by atoms with Crippen molar-refractivity contribution in [3.05, 3.63) is 218 Å². The fraction of sp³-hybridized carbons (Fsp3) is 0. The lowest BCUT2D eigenvalue weighted by Gasteiger charge is -2.13. The van der Waals surface area contributed by atoms with Crippen LogP contribution in [0.4, 0.5) is 0 Å². The molecule has 0 saturated carbocycles. The Morgan fingerprint density at radius 3 is 1.86 bits per heavy atom. The maximum Gasteiger partial charge on any atom is 0.165 e. The van der Waals surface area contributed by atoms with Gasteiger partial charge in [-0.15, -0.1) is 11.3 Å². The van der Waals surface area contributed by atoms with Crippen LogP contribution in [0.5, 0.6) is 0 Å². The number of rotatable bonds is 7. The van der Waals surface area contributed by atoms with Gasteiger partial charge in [-0.2, -0.15) is 5.26 Å². The number of nitriles is 1. The van der Waals surface area contributed by atoms with Crippen molar-refractivity contribution in [2.45, 2.75) is 0 Å². The summed E-state index contributed by atoms with van der Waals surface area (Å²) in [6.07, 6.45) is 0. The zero-order chi connectivity index (χ0) is 46.9. The summed E-state index contributed by atoms with van der Waals surface area (Å²) in [6.45, 7) is 0. The van der Waals surface area contributed by atoms with Gasteiger partial charge >= 0.3 is 0 Å². The number of benzene rings is 9. The Morgan fingerprint density at radius 2 is 1.03 bits per heavy atom. The normalized spacial score (nSPS) is 12.5. The van der Waals surface area contributed by atoms with Crippen LogP contribution in [-0.2, 0) is 0 Å². The van der Waals surface area contributed by atoms with Crippen LogP contribution in [-0.4, -0.2) is 19.5 Å². The second-order valence-corrected chi connectivity index (χ2v) is 16.5. The lowest BCUT2D eigenvalue weighted by Crippen LogP contribution is -2.01. The van der Waals surface area contributed by atoms with Gasteiger partial charge in [0.05, 0.1) is 29.5 Å². The smallest absolute Gasteiger partial charge is 0.165 e. The number of para-hydroxylation sites is 1. The molecule has 3 heterocycles. The molecule has 0 saturated heterocycles. The van der Waals surface area contributed by atoms with E-state index >= 15 is 0 Å². The van der Waals surface area contributed by atoms with Crippen molar-refractivity contribution in [2.75, 3.05) is 0 Å². The fourth-order valence-corrected chi connectivity index (χ4v) is 10.2. The van der Waals surface area contributed by atoms with E-state index in [2.05, 4.69) is 108 Å². The molecule has 0 N–H and O–H groups in total. The van der Waals surface area contributed by atoms with Gasteiger partial charge < -0.3 is 4.57 Å². The molecule has 0 aliphatic rings. The Balaban J connectivity index is 1.19. The predicted molar refractivity (Wildman–Crippen MR) is 264 cm³/mol. The number of thiophene rings is 1. The van der Waals surface area contributed by atoms with Crippen molar-refractivity contribution in [2.24, 2.45) is 0 Å². The van der Waals surface area contributed by atoms with Gasteiger partial charge in [0.2, 0.25) is 0 Å². The summed E-state index contributed by atoms with van der Waals surface area (Å²) in [6, 6.07) is 61.4. The van der Waals surface area contributed by atoms with Crippen LogP contribution < -0.4 is 0 Å². The molecule has 6 heteroatoms. The second-order valence-electron chi connectivity index (χ2n) is 15.5. The third-order valence-corrected chi connectivity index (χ3v) is 13.1. The van der Waals surface area contributed by atoms with E-state index in [-0.39, 0.29) is 23.0 Å². The molecule has 298 valence electrons. The Labute approximate surface area is 380 Å². The van der Waals surface area contributed by atoms with Crippen molar-refractivity contribution in [3.8, 4) is 79.3 Å². The molecule has 0 unspecified atom stereocenters. The first kappa shape index (κ1) is 32.2. The summed E-state index contributed by atoms with van der Waals surface area (Å²) in [7, 11) is 0. The number of aromatic nitrogens is 4. The molecule has 0 spiro atoms. The van der Waals surface area contributed by atoms with Crippen molar-refractivity contribution < 1.29 is 6.85 Å². The SMILES string of the molecule is [2H]c1c([2H])c([2H])c(-c2nc(-c3ccccc3)nc(-c3cc(-n4c5ccccc5c5ccc(-c6ccccc6C#N)cc54)cc4c3sc3c(-c5cccc(-c6ccccc6)c5)cccc34)n2)c([2H])c1[2H]. The van der Waals surface area contributed by atoms with Crippen LogP contribution in [0.2, 0.25) is 0 Å². The van der Waals surface area contributed by atoms with Crippen LogP contribution in [0, 0.1) is 11.3 Å². The van der Waals surface area contributed by atoms with Crippen LogP contribution in [0.15, 0.2) is 212 Å². The summed E-state index contributed by atoms with van der Waals surface area (Å²) in [4.78, 5) is 15.1. The van der Waals surface area contributed by atoms with Gasteiger partial charge in [0.1, 0.15) is 0 Å². The molecule has 5 nitrogen and oxygen atoms in total. The predicted octanol–water partition coefficient (Wildman–Crippen LogP) is 15.2. The monoisotopic (exact) mass is 838 g/mol. The molecule has 0 radical (unpaired) electrons. The minimum absolute atomic E-state index is 0.0356. The molecule has 0 atom stereocenters. The minimum atomic E-state index is -0.499. The number of fused-ring (bicyclic) bond motifs is 6. The third-order valence-electron chi connectivity index (χ3n) is 11.8. The molecular weight excluding hydrogens is 799 g/mol. The highest BCUT2D eigenvalue weighted by molar-refractivity contribution is 7.26. The van der Waals surface area contributed by atoms with Crippen molar-refractivity contribution >= 4 is 53.3 Å². The Morgan fingerprint density at radius 1 is 0.422 bits per heavy atom. The maximum absolute atomic E-state index is 10.1. The van der Waals surface area contributed by atoms with Gasteiger partial charge in [0.15, 0.2) is 17.5 Å². The standard InChI is InChI=1S/C58H35N5S/c59-36-43-22-10-11-25-45(43)42-30-31-48-47-26-12-13-29-52(47)63(53(48)33-42)44-34-50-49-28-15-27-46(41-24-14-23-40(32-41)37-16-4-1-5-17-37)54(49)64-55(50)51(35-44)58-61-56(38-18-6-2-7-19-38)60-57(62-58)39-20-8-3-9-21-39/h1-35H/i2D,6D,7D,18D,19D. The third kappa shape index (κ3) is 6.34. The van der Waals surface area contributed by atoms with E-state index in [0.29, 0.717) is 16.7 Å².